The van der Waals surface area contributed by atoms with E-state index in [1.165, 1.54) is 0 Å². The Balaban J connectivity index is 2.05. The van der Waals surface area contributed by atoms with Crippen LogP contribution in [-0.2, 0) is 9.59 Å². The highest BCUT2D eigenvalue weighted by molar-refractivity contribution is 5.88. The van der Waals surface area contributed by atoms with Crippen molar-refractivity contribution in [3.05, 3.63) is 0 Å². The molecule has 1 aliphatic carbocycles. The summed E-state index contributed by atoms with van der Waals surface area (Å²) >= 11 is 0. The Morgan fingerprint density at radius 1 is 1.55 bits per heavy atom. The molecule has 1 aliphatic heterocycles. The van der Waals surface area contributed by atoms with Gasteiger partial charge in [0.15, 0.2) is 0 Å². The number of hydrogen-bond donors (Lipinski definition) is 2. The summed E-state index contributed by atoms with van der Waals surface area (Å²) in [6.45, 7) is 0. The summed E-state index contributed by atoms with van der Waals surface area (Å²) in [7, 11) is 0. The van der Waals surface area contributed by atoms with E-state index in [1.807, 2.05) is 0 Å². The summed E-state index contributed by atoms with van der Waals surface area (Å²) in [5.41, 5.74) is 0. The van der Waals surface area contributed by atoms with Crippen molar-refractivity contribution in [3.8, 4) is 0 Å². The molecule has 11 heavy (non-hydrogen) atoms. The van der Waals surface area contributed by atoms with Crippen LogP contribution in [-0.4, -0.2) is 23.0 Å². The maximum atomic E-state index is 11.0. The van der Waals surface area contributed by atoms with Crippen LogP contribution in [0.3, 0.4) is 0 Å². The smallest absolute Gasteiger partial charge is 0.326 e. The molecule has 2 rings (SSSR count). The van der Waals surface area contributed by atoms with Crippen molar-refractivity contribution in [1.29, 1.82) is 0 Å². The molecule has 1 amide bonds. The zero-order valence-corrected chi connectivity index (χ0v) is 5.91. The predicted octanol–water partition coefficient (Wildman–Crippen LogP) is -0.404. The lowest BCUT2D eigenvalue weighted by Crippen LogP contribution is -2.45. The highest BCUT2D eigenvalue weighted by Gasteiger charge is 2.49. The highest BCUT2D eigenvalue weighted by atomic mass is 16.4. The normalized spacial score (nSPS) is 40.7. The van der Waals surface area contributed by atoms with Crippen molar-refractivity contribution in [1.82, 2.24) is 5.32 Å². The van der Waals surface area contributed by atoms with E-state index >= 15 is 0 Å². The highest BCUT2D eigenvalue weighted by Crippen LogP contribution is 2.44. The first-order chi connectivity index (χ1) is 5.18. The van der Waals surface area contributed by atoms with Crippen LogP contribution in [0.25, 0.3) is 0 Å². The van der Waals surface area contributed by atoms with E-state index in [2.05, 4.69) is 5.32 Å². The lowest BCUT2D eigenvalue weighted by Gasteiger charge is -2.18. The predicted molar refractivity (Wildman–Crippen MR) is 35.8 cm³/mol. The lowest BCUT2D eigenvalue weighted by atomic mass is 10.0. The Morgan fingerprint density at radius 2 is 2.27 bits per heavy atom. The van der Waals surface area contributed by atoms with Crippen molar-refractivity contribution in [2.75, 3.05) is 0 Å². The largest absolute Gasteiger partial charge is 0.480 e. The number of carboxylic acid groups (broad SMARTS) is 1. The van der Waals surface area contributed by atoms with Gasteiger partial charge in [0.05, 0.1) is 0 Å². The minimum atomic E-state index is -0.913. The minimum absolute atomic E-state index is 0.0753. The number of carboxylic acids is 1. The van der Waals surface area contributed by atoms with Crippen LogP contribution in [0.2, 0.25) is 0 Å². The molecule has 1 saturated heterocycles. The average molecular weight is 155 g/mol. The Morgan fingerprint density at radius 3 is 2.82 bits per heavy atom. The monoisotopic (exact) mass is 155 g/mol. The van der Waals surface area contributed by atoms with Crippen LogP contribution in [0.5, 0.6) is 0 Å². The lowest BCUT2D eigenvalue weighted by molar-refractivity contribution is -0.143. The van der Waals surface area contributed by atoms with Gasteiger partial charge in [-0.25, -0.2) is 4.79 Å². The van der Waals surface area contributed by atoms with Gasteiger partial charge in [-0.05, 0) is 18.8 Å². The van der Waals surface area contributed by atoms with Crippen LogP contribution >= 0.6 is 0 Å². The van der Waals surface area contributed by atoms with Crippen LogP contribution in [0, 0.1) is 11.8 Å². The zero-order chi connectivity index (χ0) is 8.01. The van der Waals surface area contributed by atoms with E-state index < -0.39 is 12.0 Å². The van der Waals surface area contributed by atoms with Gasteiger partial charge in [-0.1, -0.05) is 0 Å². The first kappa shape index (κ1) is 6.64. The second-order valence-corrected chi connectivity index (χ2v) is 3.24. The Labute approximate surface area is 63.6 Å². The van der Waals surface area contributed by atoms with Crippen LogP contribution < -0.4 is 5.32 Å². The molecule has 2 N–H and O–H groups in total. The number of aliphatic carboxylic acids is 1. The standard InChI is InChI=1S/C7H9NO3/c9-6-4-1-3(4)2-5(8-6)7(10)11/h3-5H,1-2H2,(H,8,9)(H,10,11)/t3?,4?,5-/m0/s1. The van der Waals surface area contributed by atoms with Gasteiger partial charge in [0.1, 0.15) is 6.04 Å². The molecular weight excluding hydrogens is 146 g/mol. The Bertz CT molecular complexity index is 226. The quantitative estimate of drug-likeness (QED) is 0.541. The molecule has 2 fully saturated rings. The first-order valence-electron chi connectivity index (χ1n) is 3.71. The molecule has 4 heteroatoms. The van der Waals surface area contributed by atoms with Crippen molar-refractivity contribution >= 4 is 11.9 Å². The van der Waals surface area contributed by atoms with Gasteiger partial charge >= 0.3 is 5.97 Å². The molecule has 0 aromatic rings. The molecular formula is C7H9NO3. The minimum Gasteiger partial charge on any atom is -0.480 e. The topological polar surface area (TPSA) is 66.4 Å². The second-order valence-electron chi connectivity index (χ2n) is 3.24. The first-order valence-corrected chi connectivity index (χ1v) is 3.71. The number of amides is 1. The van der Waals surface area contributed by atoms with E-state index in [9.17, 15) is 9.59 Å². The van der Waals surface area contributed by atoms with E-state index in [4.69, 9.17) is 5.11 Å². The number of hydrogen-bond acceptors (Lipinski definition) is 2. The number of nitrogens with one attached hydrogen (secondary N) is 1. The fourth-order valence-electron chi connectivity index (χ4n) is 1.63. The summed E-state index contributed by atoms with van der Waals surface area (Å²) in [4.78, 5) is 21.4. The van der Waals surface area contributed by atoms with E-state index in [1.54, 1.807) is 0 Å². The molecule has 0 spiro atoms. The van der Waals surface area contributed by atoms with Crippen LogP contribution in [0.1, 0.15) is 12.8 Å². The number of piperidine rings is 1. The third-order valence-electron chi connectivity index (χ3n) is 2.41. The summed E-state index contributed by atoms with van der Waals surface area (Å²) in [6.07, 6.45) is 1.50. The third kappa shape index (κ3) is 0.982. The van der Waals surface area contributed by atoms with E-state index in [0.29, 0.717) is 12.3 Å². The summed E-state index contributed by atoms with van der Waals surface area (Å²) in [5, 5.41) is 11.0. The maximum absolute atomic E-state index is 11.0. The number of carbonyl (C=O) groups is 2. The van der Waals surface area contributed by atoms with Gasteiger partial charge in [-0.2, -0.15) is 0 Å². The molecule has 0 aromatic heterocycles. The molecule has 0 bridgehead atoms. The maximum Gasteiger partial charge on any atom is 0.326 e. The van der Waals surface area contributed by atoms with Gasteiger partial charge < -0.3 is 10.4 Å². The van der Waals surface area contributed by atoms with Crippen molar-refractivity contribution in [2.45, 2.75) is 18.9 Å². The molecule has 4 nitrogen and oxygen atoms in total. The molecule has 0 radical (unpaired) electrons. The Hall–Kier alpha value is -1.06. The summed E-state index contributed by atoms with van der Waals surface area (Å²) in [6, 6.07) is -0.633. The van der Waals surface area contributed by atoms with Gasteiger partial charge in [0.2, 0.25) is 5.91 Å². The number of fused-ring (bicyclic) bond motifs is 1. The van der Waals surface area contributed by atoms with Gasteiger partial charge in [-0.15, -0.1) is 0 Å². The number of rotatable bonds is 1. The van der Waals surface area contributed by atoms with Crippen molar-refractivity contribution < 1.29 is 14.7 Å². The SMILES string of the molecule is O=C1N[C@H](C(=O)O)CC2CC12. The van der Waals surface area contributed by atoms with Crippen molar-refractivity contribution in [2.24, 2.45) is 11.8 Å². The molecule has 60 valence electrons. The average Bonchev–Trinajstić information content (AvgIpc) is 2.66. The van der Waals surface area contributed by atoms with Gasteiger partial charge in [0, 0.05) is 5.92 Å². The van der Waals surface area contributed by atoms with Crippen LogP contribution in [0.15, 0.2) is 0 Å². The molecule has 2 aliphatic rings. The molecule has 3 atom stereocenters. The fourth-order valence-corrected chi connectivity index (χ4v) is 1.63. The van der Waals surface area contributed by atoms with E-state index in [0.717, 1.165) is 6.42 Å². The fraction of sp³-hybridized carbons (Fsp3) is 0.714. The zero-order valence-electron chi connectivity index (χ0n) is 5.91. The molecule has 2 unspecified atom stereocenters. The van der Waals surface area contributed by atoms with Gasteiger partial charge in [-0.3, -0.25) is 4.79 Å². The number of carbonyl (C=O) groups excluding carboxylic acids is 1. The summed E-state index contributed by atoms with van der Waals surface area (Å²) < 4.78 is 0. The van der Waals surface area contributed by atoms with Gasteiger partial charge in [0.25, 0.3) is 0 Å². The van der Waals surface area contributed by atoms with Crippen molar-refractivity contribution in [3.63, 3.8) is 0 Å². The second kappa shape index (κ2) is 1.96. The van der Waals surface area contributed by atoms with Crippen LogP contribution in [0.4, 0.5) is 0 Å². The molecule has 1 saturated carbocycles. The summed E-state index contributed by atoms with van der Waals surface area (Å²) in [5.74, 6) is -0.507. The Kier molecular flexibility index (Phi) is 1.19. The molecule has 0 aromatic carbocycles. The third-order valence-corrected chi connectivity index (χ3v) is 2.41. The van der Waals surface area contributed by atoms with E-state index in [-0.39, 0.29) is 11.8 Å². The molecule has 1 heterocycles.